The average Bonchev–Trinajstić information content (AvgIpc) is 3.15. The summed E-state index contributed by atoms with van der Waals surface area (Å²) < 4.78 is 7.55. The summed E-state index contributed by atoms with van der Waals surface area (Å²) in [5.41, 5.74) is 2.55. The number of hydrogen-bond acceptors (Lipinski definition) is 6. The molecule has 0 fully saturated rings. The molecule has 0 atom stereocenters. The molecule has 7 nitrogen and oxygen atoms in total. The quantitative estimate of drug-likeness (QED) is 0.167. The fourth-order valence-corrected chi connectivity index (χ4v) is 4.55. The van der Waals surface area contributed by atoms with Crippen molar-refractivity contribution in [3.8, 4) is 17.0 Å². The number of benzene rings is 3. The Morgan fingerprint density at radius 2 is 1.54 bits per heavy atom. The van der Waals surface area contributed by atoms with Gasteiger partial charge in [-0.05, 0) is 57.0 Å². The van der Waals surface area contributed by atoms with Gasteiger partial charge in [0, 0.05) is 6.07 Å². The van der Waals surface area contributed by atoms with Crippen molar-refractivity contribution in [3.63, 3.8) is 0 Å². The van der Waals surface area contributed by atoms with E-state index in [4.69, 9.17) is 4.74 Å². The van der Waals surface area contributed by atoms with Gasteiger partial charge in [-0.15, -0.1) is 0 Å². The Balaban J connectivity index is 1.68. The summed E-state index contributed by atoms with van der Waals surface area (Å²) in [4.78, 5) is 25.3. The lowest BCUT2D eigenvalue weighted by Gasteiger charge is -2.22. The highest BCUT2D eigenvalue weighted by atomic mass is 32.2. The average molecular weight is 488 g/mol. The number of nitrogens with zero attached hydrogens (tertiary/aromatic N) is 3. The van der Waals surface area contributed by atoms with Gasteiger partial charge in [0.25, 0.3) is 5.69 Å². The van der Waals surface area contributed by atoms with E-state index in [0.29, 0.717) is 21.0 Å². The molecule has 0 amide bonds. The van der Waals surface area contributed by atoms with Gasteiger partial charge in [-0.1, -0.05) is 66.4 Å². The number of ether oxygens (including phenoxy) is 1. The molecule has 4 rings (SSSR count). The van der Waals surface area contributed by atoms with Crippen LogP contribution in [0.2, 0.25) is 0 Å². The van der Waals surface area contributed by atoms with Crippen LogP contribution in [-0.2, 0) is 5.54 Å². The molecule has 0 aliphatic heterocycles. The SMILES string of the molecule is Cc1nn(C(C)(C)C)c(OC(=O)c2ccc(-c3ccccc3)cc2)c1Sc1ccccc1[N+](=O)[O-]. The highest BCUT2D eigenvalue weighted by Gasteiger charge is 2.29. The van der Waals surface area contributed by atoms with Crippen molar-refractivity contribution in [2.75, 3.05) is 0 Å². The van der Waals surface area contributed by atoms with Gasteiger partial charge in [0.15, 0.2) is 0 Å². The zero-order chi connectivity index (χ0) is 25.2. The van der Waals surface area contributed by atoms with E-state index in [0.717, 1.165) is 11.1 Å². The van der Waals surface area contributed by atoms with Crippen molar-refractivity contribution in [3.05, 3.63) is 100 Å². The second-order valence-corrected chi connectivity index (χ2v) is 10.0. The highest BCUT2D eigenvalue weighted by Crippen LogP contribution is 2.43. The highest BCUT2D eigenvalue weighted by molar-refractivity contribution is 7.99. The molecule has 0 saturated carbocycles. The fraction of sp³-hybridized carbons (Fsp3) is 0.185. The molecule has 0 unspecified atom stereocenters. The standard InChI is InChI=1S/C27H25N3O4S/c1-18-24(35-23-13-9-8-12-22(23)30(32)33)25(29(28-18)27(2,3)4)34-26(31)21-16-14-20(15-17-21)19-10-6-5-7-11-19/h5-17H,1-4H3. The molecular weight excluding hydrogens is 462 g/mol. The fourth-order valence-electron chi connectivity index (χ4n) is 3.53. The molecule has 0 bridgehead atoms. The minimum absolute atomic E-state index is 0.0193. The second kappa shape index (κ2) is 9.76. The Morgan fingerprint density at radius 3 is 2.17 bits per heavy atom. The molecule has 0 N–H and O–H groups in total. The molecule has 178 valence electrons. The monoisotopic (exact) mass is 487 g/mol. The molecular formula is C27H25N3O4S. The summed E-state index contributed by atoms with van der Waals surface area (Å²) in [6.45, 7) is 7.64. The predicted molar refractivity (Wildman–Crippen MR) is 136 cm³/mol. The molecule has 0 saturated heterocycles. The first-order valence-electron chi connectivity index (χ1n) is 11.0. The number of para-hydroxylation sites is 1. The summed E-state index contributed by atoms with van der Waals surface area (Å²) >= 11 is 1.17. The van der Waals surface area contributed by atoms with Gasteiger partial charge in [0.05, 0.1) is 31.5 Å². The van der Waals surface area contributed by atoms with E-state index in [2.05, 4.69) is 5.10 Å². The van der Waals surface area contributed by atoms with Crippen molar-refractivity contribution in [1.29, 1.82) is 0 Å². The number of carbonyl (C=O) groups excluding carboxylic acids is 1. The summed E-state index contributed by atoms with van der Waals surface area (Å²) in [6, 6.07) is 23.6. The Bertz CT molecular complexity index is 1370. The molecule has 8 heteroatoms. The van der Waals surface area contributed by atoms with Crippen molar-refractivity contribution >= 4 is 23.4 Å². The Labute approximate surface area is 207 Å². The number of carbonyl (C=O) groups is 1. The van der Waals surface area contributed by atoms with Crippen LogP contribution in [-0.4, -0.2) is 20.7 Å². The van der Waals surface area contributed by atoms with Crippen LogP contribution in [0.5, 0.6) is 5.88 Å². The van der Waals surface area contributed by atoms with E-state index in [1.54, 1.807) is 41.9 Å². The molecule has 0 radical (unpaired) electrons. The van der Waals surface area contributed by atoms with E-state index >= 15 is 0 Å². The van der Waals surface area contributed by atoms with Crippen LogP contribution >= 0.6 is 11.8 Å². The predicted octanol–water partition coefficient (Wildman–Crippen LogP) is 6.89. The number of esters is 1. The van der Waals surface area contributed by atoms with Crippen LogP contribution in [0.1, 0.15) is 36.8 Å². The van der Waals surface area contributed by atoms with Gasteiger partial charge in [0.2, 0.25) is 5.88 Å². The van der Waals surface area contributed by atoms with E-state index in [1.165, 1.54) is 17.8 Å². The third-order valence-electron chi connectivity index (χ3n) is 5.29. The van der Waals surface area contributed by atoms with Crippen LogP contribution in [0.15, 0.2) is 88.7 Å². The number of nitro groups is 1. The molecule has 1 aromatic heterocycles. The van der Waals surface area contributed by atoms with Crippen LogP contribution in [0.25, 0.3) is 11.1 Å². The number of hydrogen-bond donors (Lipinski definition) is 0. The van der Waals surface area contributed by atoms with Crippen molar-refractivity contribution in [2.24, 2.45) is 0 Å². The normalized spacial score (nSPS) is 11.3. The summed E-state index contributed by atoms with van der Waals surface area (Å²) in [5, 5.41) is 16.1. The molecule has 0 spiro atoms. The topological polar surface area (TPSA) is 87.3 Å². The van der Waals surface area contributed by atoms with Gasteiger partial charge in [-0.25, -0.2) is 9.48 Å². The Morgan fingerprint density at radius 1 is 0.943 bits per heavy atom. The van der Waals surface area contributed by atoms with E-state index in [9.17, 15) is 14.9 Å². The zero-order valence-corrected chi connectivity index (χ0v) is 20.7. The lowest BCUT2D eigenvalue weighted by molar-refractivity contribution is -0.387. The second-order valence-electron chi connectivity index (χ2n) is 8.96. The lowest BCUT2D eigenvalue weighted by Crippen LogP contribution is -2.25. The van der Waals surface area contributed by atoms with Crippen LogP contribution in [0.3, 0.4) is 0 Å². The van der Waals surface area contributed by atoms with Crippen LogP contribution in [0, 0.1) is 17.0 Å². The number of rotatable bonds is 6. The van der Waals surface area contributed by atoms with E-state index in [1.807, 2.05) is 63.2 Å². The maximum atomic E-state index is 13.1. The van der Waals surface area contributed by atoms with Gasteiger partial charge < -0.3 is 4.74 Å². The minimum Gasteiger partial charge on any atom is -0.403 e. The zero-order valence-electron chi connectivity index (χ0n) is 19.9. The third kappa shape index (κ3) is 5.27. The molecule has 3 aromatic carbocycles. The molecule has 4 aromatic rings. The number of nitro benzene ring substituents is 1. The Hall–Kier alpha value is -3.91. The summed E-state index contributed by atoms with van der Waals surface area (Å²) in [7, 11) is 0. The first-order chi connectivity index (χ1) is 16.6. The first-order valence-corrected chi connectivity index (χ1v) is 11.9. The maximum absolute atomic E-state index is 13.1. The van der Waals surface area contributed by atoms with Gasteiger partial charge >= 0.3 is 5.97 Å². The largest absolute Gasteiger partial charge is 0.403 e. The first kappa shape index (κ1) is 24.2. The molecule has 1 heterocycles. The van der Waals surface area contributed by atoms with E-state index in [-0.39, 0.29) is 11.6 Å². The smallest absolute Gasteiger partial charge is 0.344 e. The Kier molecular flexibility index (Phi) is 6.75. The third-order valence-corrected chi connectivity index (χ3v) is 6.53. The molecule has 0 aliphatic rings. The molecule has 35 heavy (non-hydrogen) atoms. The van der Waals surface area contributed by atoms with Gasteiger partial charge in [0.1, 0.15) is 0 Å². The van der Waals surface area contributed by atoms with Crippen LogP contribution in [0.4, 0.5) is 5.69 Å². The lowest BCUT2D eigenvalue weighted by atomic mass is 10.0. The van der Waals surface area contributed by atoms with Crippen molar-refractivity contribution in [2.45, 2.75) is 43.0 Å². The number of aryl methyl sites for hydroxylation is 1. The summed E-state index contributed by atoms with van der Waals surface area (Å²) in [5.74, 6) is -0.269. The van der Waals surface area contributed by atoms with Gasteiger partial charge in [-0.2, -0.15) is 5.10 Å². The van der Waals surface area contributed by atoms with Crippen molar-refractivity contribution < 1.29 is 14.5 Å². The minimum atomic E-state index is -0.528. The van der Waals surface area contributed by atoms with Crippen molar-refractivity contribution in [1.82, 2.24) is 9.78 Å². The van der Waals surface area contributed by atoms with Gasteiger partial charge in [-0.3, -0.25) is 10.1 Å². The summed E-state index contributed by atoms with van der Waals surface area (Å²) in [6.07, 6.45) is 0. The maximum Gasteiger partial charge on any atom is 0.344 e. The van der Waals surface area contributed by atoms with Crippen LogP contribution < -0.4 is 4.74 Å². The molecule has 0 aliphatic carbocycles. The van der Waals surface area contributed by atoms with E-state index < -0.39 is 16.4 Å². The number of aromatic nitrogens is 2.